The molecule has 0 saturated heterocycles. The number of benzene rings is 1. The van der Waals surface area contributed by atoms with Crippen molar-refractivity contribution < 1.29 is 9.90 Å². The number of hydrazone groups is 1. The predicted molar refractivity (Wildman–Crippen MR) is 74.0 cm³/mol. The van der Waals surface area contributed by atoms with Gasteiger partial charge in [0.05, 0.1) is 17.9 Å². The lowest BCUT2D eigenvalue weighted by molar-refractivity contribution is -0.255. The van der Waals surface area contributed by atoms with E-state index < -0.39 is 5.97 Å². The van der Waals surface area contributed by atoms with Crippen LogP contribution in [0.5, 0.6) is 0 Å². The second-order valence-corrected chi connectivity index (χ2v) is 5.26. The summed E-state index contributed by atoms with van der Waals surface area (Å²) >= 11 is 4.90. The Hall–Kier alpha value is -1.66. The molecule has 0 spiro atoms. The van der Waals surface area contributed by atoms with Crippen molar-refractivity contribution in [2.75, 3.05) is 5.43 Å². The first-order valence-corrected chi connectivity index (χ1v) is 6.67. The summed E-state index contributed by atoms with van der Waals surface area (Å²) in [5.41, 5.74) is 3.49. The Bertz CT molecular complexity index is 595. The smallest absolute Gasteiger partial charge is 0.0716 e. The molecule has 0 radical (unpaired) electrons. The summed E-state index contributed by atoms with van der Waals surface area (Å²) in [4.78, 5) is 11.7. The molecule has 18 heavy (non-hydrogen) atoms. The van der Waals surface area contributed by atoms with Gasteiger partial charge in [0.2, 0.25) is 0 Å². The van der Waals surface area contributed by atoms with E-state index in [1.165, 1.54) is 12.1 Å². The van der Waals surface area contributed by atoms with E-state index in [9.17, 15) is 9.90 Å². The van der Waals surface area contributed by atoms with Crippen molar-refractivity contribution in [1.82, 2.24) is 0 Å². The minimum atomic E-state index is -1.20. The third kappa shape index (κ3) is 3.41. The monoisotopic (exact) mass is 323 g/mol. The fourth-order valence-corrected chi connectivity index (χ4v) is 2.59. The van der Waals surface area contributed by atoms with Gasteiger partial charge >= 0.3 is 0 Å². The van der Waals surface area contributed by atoms with Gasteiger partial charge in [0, 0.05) is 14.7 Å². The first-order chi connectivity index (χ1) is 8.65. The lowest BCUT2D eigenvalue weighted by Crippen LogP contribution is -2.22. The third-order valence-electron chi connectivity index (χ3n) is 2.07. The number of hydrogen-bond acceptors (Lipinski definition) is 5. The summed E-state index contributed by atoms with van der Waals surface area (Å²) in [7, 11) is 0. The SMILES string of the molecule is O=C([O-])c1cccc(N/N=C\c2cc(Br)cs2)c1. The molecule has 0 aliphatic carbocycles. The highest BCUT2D eigenvalue weighted by Crippen LogP contribution is 2.18. The van der Waals surface area contributed by atoms with E-state index in [1.807, 2.05) is 11.4 Å². The maximum Gasteiger partial charge on any atom is 0.0716 e. The van der Waals surface area contributed by atoms with E-state index in [0.717, 1.165) is 9.35 Å². The molecule has 92 valence electrons. The summed E-state index contributed by atoms with van der Waals surface area (Å²) < 4.78 is 1.01. The van der Waals surface area contributed by atoms with Crippen molar-refractivity contribution >= 4 is 45.1 Å². The number of carboxylic acid groups (broad SMARTS) is 1. The molecule has 1 aromatic carbocycles. The van der Waals surface area contributed by atoms with Crippen LogP contribution in [0.4, 0.5) is 5.69 Å². The van der Waals surface area contributed by atoms with Crippen LogP contribution in [-0.4, -0.2) is 12.2 Å². The van der Waals surface area contributed by atoms with Crippen LogP contribution in [-0.2, 0) is 0 Å². The Morgan fingerprint density at radius 2 is 2.28 bits per heavy atom. The van der Waals surface area contributed by atoms with Gasteiger partial charge in [0.15, 0.2) is 0 Å². The van der Waals surface area contributed by atoms with Gasteiger partial charge in [0.25, 0.3) is 0 Å². The van der Waals surface area contributed by atoms with E-state index in [2.05, 4.69) is 26.5 Å². The van der Waals surface area contributed by atoms with Crippen LogP contribution >= 0.6 is 27.3 Å². The van der Waals surface area contributed by atoms with Crippen molar-refractivity contribution in [1.29, 1.82) is 0 Å². The third-order valence-corrected chi connectivity index (χ3v) is 3.70. The van der Waals surface area contributed by atoms with Gasteiger partial charge in [-0.1, -0.05) is 12.1 Å². The maximum absolute atomic E-state index is 10.7. The van der Waals surface area contributed by atoms with Crippen LogP contribution < -0.4 is 10.5 Å². The van der Waals surface area contributed by atoms with Crippen LogP contribution in [0.25, 0.3) is 0 Å². The van der Waals surface area contributed by atoms with E-state index in [-0.39, 0.29) is 5.56 Å². The summed E-state index contributed by atoms with van der Waals surface area (Å²) in [6.07, 6.45) is 1.67. The lowest BCUT2D eigenvalue weighted by Gasteiger charge is -2.04. The average molecular weight is 324 g/mol. The molecule has 0 fully saturated rings. The van der Waals surface area contributed by atoms with Crippen molar-refractivity contribution in [2.24, 2.45) is 5.10 Å². The molecule has 6 heteroatoms. The zero-order valence-corrected chi connectivity index (χ0v) is 11.5. The molecule has 2 aromatic rings. The fourth-order valence-electron chi connectivity index (χ4n) is 1.28. The summed E-state index contributed by atoms with van der Waals surface area (Å²) in [6, 6.07) is 8.24. The number of carbonyl (C=O) groups excluding carboxylic acids is 1. The number of halogens is 1. The molecule has 4 nitrogen and oxygen atoms in total. The molecule has 0 aliphatic rings. The maximum atomic E-state index is 10.7. The standard InChI is InChI=1S/C12H9BrN2O2S/c13-9-5-11(18-7-9)6-14-15-10-3-1-2-8(4-10)12(16)17/h1-7,15H,(H,16,17)/p-1/b14-6-. The van der Waals surface area contributed by atoms with Crippen LogP contribution in [0.2, 0.25) is 0 Å². The van der Waals surface area contributed by atoms with Gasteiger partial charge in [-0.25, -0.2) is 0 Å². The molecule has 2 rings (SSSR count). The first-order valence-electron chi connectivity index (χ1n) is 4.99. The molecule has 1 aromatic heterocycles. The Kier molecular flexibility index (Phi) is 4.11. The minimum Gasteiger partial charge on any atom is -0.545 e. The molecule has 0 aliphatic heterocycles. The van der Waals surface area contributed by atoms with Crippen molar-refractivity contribution in [3.63, 3.8) is 0 Å². The molecule has 0 atom stereocenters. The molecular weight excluding hydrogens is 316 g/mol. The second kappa shape index (κ2) is 5.79. The number of aromatic carboxylic acids is 1. The second-order valence-electron chi connectivity index (χ2n) is 3.41. The largest absolute Gasteiger partial charge is 0.545 e. The van der Waals surface area contributed by atoms with Gasteiger partial charge in [-0.2, -0.15) is 5.10 Å². The summed E-state index contributed by atoms with van der Waals surface area (Å²) in [5.74, 6) is -1.20. The molecule has 1 heterocycles. The molecular formula is C12H8BrN2O2S-. The highest BCUT2D eigenvalue weighted by molar-refractivity contribution is 9.10. The molecule has 0 amide bonds. The van der Waals surface area contributed by atoms with Gasteiger partial charge in [-0.15, -0.1) is 11.3 Å². The quantitative estimate of drug-likeness (QED) is 0.693. The zero-order valence-electron chi connectivity index (χ0n) is 9.09. The number of carbonyl (C=O) groups is 1. The van der Waals surface area contributed by atoms with E-state index in [4.69, 9.17) is 0 Å². The van der Waals surface area contributed by atoms with Crippen LogP contribution in [0, 0.1) is 0 Å². The van der Waals surface area contributed by atoms with Crippen LogP contribution in [0.1, 0.15) is 15.2 Å². The van der Waals surface area contributed by atoms with Gasteiger partial charge < -0.3 is 9.90 Å². The summed E-state index contributed by atoms with van der Waals surface area (Å²) in [5, 5.41) is 16.7. The average Bonchev–Trinajstić information content (AvgIpc) is 2.75. The van der Waals surface area contributed by atoms with E-state index in [1.54, 1.807) is 29.7 Å². The Labute approximate surface area is 116 Å². The van der Waals surface area contributed by atoms with E-state index in [0.29, 0.717) is 5.69 Å². The molecule has 0 unspecified atom stereocenters. The Morgan fingerprint density at radius 1 is 1.44 bits per heavy atom. The molecule has 0 bridgehead atoms. The summed E-state index contributed by atoms with van der Waals surface area (Å²) in [6.45, 7) is 0. The van der Waals surface area contributed by atoms with Crippen LogP contribution in [0.3, 0.4) is 0 Å². The first kappa shape index (κ1) is 12.8. The fraction of sp³-hybridized carbons (Fsp3) is 0. The number of nitrogens with zero attached hydrogens (tertiary/aromatic N) is 1. The number of thiophene rings is 1. The number of nitrogens with one attached hydrogen (secondary N) is 1. The topological polar surface area (TPSA) is 64.5 Å². The van der Waals surface area contributed by atoms with Crippen LogP contribution in [0.15, 0.2) is 45.3 Å². The number of rotatable bonds is 4. The van der Waals surface area contributed by atoms with Gasteiger partial charge in [0.1, 0.15) is 0 Å². The van der Waals surface area contributed by atoms with Gasteiger partial charge in [-0.05, 0) is 39.7 Å². The minimum absolute atomic E-state index is 0.120. The van der Waals surface area contributed by atoms with Gasteiger partial charge in [-0.3, -0.25) is 5.43 Å². The lowest BCUT2D eigenvalue weighted by atomic mass is 10.2. The predicted octanol–water partition coefficient (Wildman–Crippen LogP) is 2.32. The highest BCUT2D eigenvalue weighted by atomic mass is 79.9. The molecule has 0 saturated carbocycles. The zero-order chi connectivity index (χ0) is 13.0. The Morgan fingerprint density at radius 3 is 2.94 bits per heavy atom. The van der Waals surface area contributed by atoms with E-state index >= 15 is 0 Å². The highest BCUT2D eigenvalue weighted by Gasteiger charge is 1.96. The Balaban J connectivity index is 2.04. The number of hydrogen-bond donors (Lipinski definition) is 1. The normalized spacial score (nSPS) is 10.7. The number of carboxylic acids is 1. The van der Waals surface area contributed by atoms with Crippen molar-refractivity contribution in [3.8, 4) is 0 Å². The molecule has 1 N–H and O–H groups in total. The van der Waals surface area contributed by atoms with Crippen molar-refractivity contribution in [3.05, 3.63) is 50.6 Å². The van der Waals surface area contributed by atoms with Crippen molar-refractivity contribution in [2.45, 2.75) is 0 Å². The number of anilines is 1.